The minimum absolute atomic E-state index is 0.104. The van der Waals surface area contributed by atoms with E-state index in [1.807, 2.05) is 6.92 Å². The molecule has 5 nitrogen and oxygen atoms in total. The zero-order valence-corrected chi connectivity index (χ0v) is 10.2. The summed E-state index contributed by atoms with van der Waals surface area (Å²) in [6.45, 7) is 4.52. The highest BCUT2D eigenvalue weighted by atomic mass is 16.5. The molecule has 1 N–H and O–H groups in total. The van der Waals surface area contributed by atoms with Gasteiger partial charge >= 0.3 is 0 Å². The number of aliphatic hydroxyl groups excluding tert-OH is 1. The molecule has 0 spiro atoms. The van der Waals surface area contributed by atoms with Gasteiger partial charge in [-0.1, -0.05) is 5.16 Å². The molecule has 1 fully saturated rings. The Morgan fingerprint density at radius 3 is 3.00 bits per heavy atom. The summed E-state index contributed by atoms with van der Waals surface area (Å²) >= 11 is 0. The number of nitrogens with zero attached hydrogens (tertiary/aromatic N) is 2. The number of carbonyl (C=O) groups excluding carboxylic acids is 1. The topological polar surface area (TPSA) is 66.6 Å². The van der Waals surface area contributed by atoms with Gasteiger partial charge in [-0.05, 0) is 32.6 Å². The molecule has 1 aliphatic rings. The predicted molar refractivity (Wildman–Crippen MR) is 61.5 cm³/mol. The standard InChI is InChI=1S/C12H18N2O3/c1-8-3-4-10(7-15)6-14(8)12(16)11-5-9(2)17-13-11/h5,8,10,15H,3-4,6-7H2,1-2H3. The molecule has 2 rings (SSSR count). The number of piperidine rings is 1. The lowest BCUT2D eigenvalue weighted by atomic mass is 9.94. The molecular weight excluding hydrogens is 220 g/mol. The van der Waals surface area contributed by atoms with Crippen LogP contribution < -0.4 is 0 Å². The van der Waals surface area contributed by atoms with Crippen LogP contribution in [0.15, 0.2) is 10.6 Å². The van der Waals surface area contributed by atoms with Crippen molar-refractivity contribution < 1.29 is 14.4 Å². The molecule has 17 heavy (non-hydrogen) atoms. The average Bonchev–Trinajstić information content (AvgIpc) is 2.76. The highest BCUT2D eigenvalue weighted by Gasteiger charge is 2.30. The van der Waals surface area contributed by atoms with Crippen LogP contribution >= 0.6 is 0 Å². The molecule has 0 aliphatic carbocycles. The van der Waals surface area contributed by atoms with Gasteiger partial charge in [-0.3, -0.25) is 4.79 Å². The van der Waals surface area contributed by atoms with Gasteiger partial charge < -0.3 is 14.5 Å². The van der Waals surface area contributed by atoms with Crippen LogP contribution in [-0.4, -0.2) is 40.3 Å². The average molecular weight is 238 g/mol. The Bertz CT molecular complexity index is 402. The highest BCUT2D eigenvalue weighted by Crippen LogP contribution is 2.23. The Morgan fingerprint density at radius 2 is 2.41 bits per heavy atom. The van der Waals surface area contributed by atoms with Gasteiger partial charge in [-0.25, -0.2) is 0 Å². The first kappa shape index (κ1) is 12.1. The molecular formula is C12H18N2O3. The lowest BCUT2D eigenvalue weighted by Gasteiger charge is -2.36. The Morgan fingerprint density at radius 1 is 1.65 bits per heavy atom. The summed E-state index contributed by atoms with van der Waals surface area (Å²) in [5.74, 6) is 0.715. The summed E-state index contributed by atoms with van der Waals surface area (Å²) in [5, 5.41) is 12.9. The maximum absolute atomic E-state index is 12.2. The van der Waals surface area contributed by atoms with Crippen molar-refractivity contribution in [3.05, 3.63) is 17.5 Å². The molecule has 2 heterocycles. The van der Waals surface area contributed by atoms with Gasteiger partial charge in [-0.2, -0.15) is 0 Å². The number of likely N-dealkylation sites (tertiary alicyclic amines) is 1. The normalized spacial score (nSPS) is 25.0. The third-order valence-electron chi connectivity index (χ3n) is 3.35. The number of rotatable bonds is 2. The van der Waals surface area contributed by atoms with Crippen molar-refractivity contribution in [2.45, 2.75) is 32.7 Å². The molecule has 0 radical (unpaired) electrons. The summed E-state index contributed by atoms with van der Waals surface area (Å²) in [7, 11) is 0. The summed E-state index contributed by atoms with van der Waals surface area (Å²) in [6.07, 6.45) is 1.90. The minimum atomic E-state index is -0.104. The van der Waals surface area contributed by atoms with Crippen molar-refractivity contribution >= 4 is 5.91 Å². The molecule has 2 unspecified atom stereocenters. The minimum Gasteiger partial charge on any atom is -0.396 e. The van der Waals surface area contributed by atoms with Gasteiger partial charge in [-0.15, -0.1) is 0 Å². The molecule has 0 saturated carbocycles. The molecule has 1 amide bonds. The smallest absolute Gasteiger partial charge is 0.276 e. The van der Waals surface area contributed by atoms with Gasteiger partial charge in [0.15, 0.2) is 5.69 Å². The van der Waals surface area contributed by atoms with Crippen molar-refractivity contribution in [3.8, 4) is 0 Å². The summed E-state index contributed by atoms with van der Waals surface area (Å²) in [6, 6.07) is 1.85. The zero-order chi connectivity index (χ0) is 12.4. The second-order valence-corrected chi connectivity index (χ2v) is 4.76. The molecule has 1 saturated heterocycles. The van der Waals surface area contributed by atoms with E-state index in [1.165, 1.54) is 0 Å². The van der Waals surface area contributed by atoms with Crippen LogP contribution in [0.3, 0.4) is 0 Å². The lowest BCUT2D eigenvalue weighted by Crippen LogP contribution is -2.46. The Balaban J connectivity index is 2.12. The van der Waals surface area contributed by atoms with Crippen LogP contribution in [0, 0.1) is 12.8 Å². The van der Waals surface area contributed by atoms with Crippen molar-refractivity contribution in [1.82, 2.24) is 10.1 Å². The van der Waals surface area contributed by atoms with Crippen LogP contribution in [0.4, 0.5) is 0 Å². The fraction of sp³-hybridized carbons (Fsp3) is 0.667. The number of aliphatic hydroxyl groups is 1. The number of hydrogen-bond donors (Lipinski definition) is 1. The van der Waals surface area contributed by atoms with Gasteiger partial charge in [0.25, 0.3) is 5.91 Å². The van der Waals surface area contributed by atoms with Gasteiger partial charge in [0, 0.05) is 25.3 Å². The fourth-order valence-electron chi connectivity index (χ4n) is 2.23. The van der Waals surface area contributed by atoms with E-state index in [1.54, 1.807) is 17.9 Å². The Labute approximate surface area is 100 Å². The van der Waals surface area contributed by atoms with E-state index < -0.39 is 0 Å². The van der Waals surface area contributed by atoms with Gasteiger partial charge in [0.2, 0.25) is 0 Å². The fourth-order valence-corrected chi connectivity index (χ4v) is 2.23. The van der Waals surface area contributed by atoms with E-state index in [9.17, 15) is 9.90 Å². The SMILES string of the molecule is Cc1cc(C(=O)N2CC(CO)CCC2C)no1. The van der Waals surface area contributed by atoms with Crippen molar-refractivity contribution in [2.75, 3.05) is 13.2 Å². The summed E-state index contributed by atoms with van der Waals surface area (Å²) in [4.78, 5) is 14.0. The third kappa shape index (κ3) is 2.49. The second-order valence-electron chi connectivity index (χ2n) is 4.76. The van der Waals surface area contributed by atoms with Crippen molar-refractivity contribution in [3.63, 3.8) is 0 Å². The Hall–Kier alpha value is -1.36. The first-order chi connectivity index (χ1) is 8.11. The first-order valence-corrected chi connectivity index (χ1v) is 5.97. The maximum atomic E-state index is 12.2. The van der Waals surface area contributed by atoms with E-state index in [4.69, 9.17) is 4.52 Å². The van der Waals surface area contributed by atoms with E-state index in [0.717, 1.165) is 12.8 Å². The highest BCUT2D eigenvalue weighted by molar-refractivity contribution is 5.92. The molecule has 1 aliphatic heterocycles. The van der Waals surface area contributed by atoms with Gasteiger partial charge in [0.1, 0.15) is 5.76 Å². The van der Waals surface area contributed by atoms with E-state index in [0.29, 0.717) is 18.0 Å². The number of amides is 1. The third-order valence-corrected chi connectivity index (χ3v) is 3.35. The number of aromatic nitrogens is 1. The zero-order valence-electron chi connectivity index (χ0n) is 10.2. The quantitative estimate of drug-likeness (QED) is 0.841. The summed E-state index contributed by atoms with van der Waals surface area (Å²) < 4.78 is 4.92. The van der Waals surface area contributed by atoms with Gasteiger partial charge in [0.05, 0.1) is 0 Å². The molecule has 2 atom stereocenters. The van der Waals surface area contributed by atoms with Crippen molar-refractivity contribution in [1.29, 1.82) is 0 Å². The Kier molecular flexibility index (Phi) is 3.47. The van der Waals surface area contributed by atoms with Crippen LogP contribution in [-0.2, 0) is 0 Å². The summed E-state index contributed by atoms with van der Waals surface area (Å²) in [5.41, 5.74) is 0.355. The molecule has 0 aromatic carbocycles. The lowest BCUT2D eigenvalue weighted by molar-refractivity contribution is 0.0479. The van der Waals surface area contributed by atoms with E-state index in [-0.39, 0.29) is 24.5 Å². The van der Waals surface area contributed by atoms with Crippen LogP contribution in [0.2, 0.25) is 0 Å². The van der Waals surface area contributed by atoms with Crippen LogP contribution in [0.1, 0.15) is 36.0 Å². The molecule has 1 aromatic heterocycles. The monoisotopic (exact) mass is 238 g/mol. The number of aryl methyl sites for hydroxylation is 1. The maximum Gasteiger partial charge on any atom is 0.276 e. The van der Waals surface area contributed by atoms with E-state index >= 15 is 0 Å². The second kappa shape index (κ2) is 4.87. The largest absolute Gasteiger partial charge is 0.396 e. The predicted octanol–water partition coefficient (Wildman–Crippen LogP) is 1.22. The van der Waals surface area contributed by atoms with Crippen LogP contribution in [0.25, 0.3) is 0 Å². The molecule has 94 valence electrons. The molecule has 1 aromatic rings. The number of carbonyl (C=O) groups is 1. The van der Waals surface area contributed by atoms with E-state index in [2.05, 4.69) is 5.16 Å². The van der Waals surface area contributed by atoms with Crippen molar-refractivity contribution in [2.24, 2.45) is 5.92 Å². The number of hydrogen-bond acceptors (Lipinski definition) is 4. The molecule has 0 bridgehead atoms. The molecule has 5 heteroatoms. The first-order valence-electron chi connectivity index (χ1n) is 5.97. The van der Waals surface area contributed by atoms with Crippen LogP contribution in [0.5, 0.6) is 0 Å².